The van der Waals surface area contributed by atoms with Gasteiger partial charge in [0, 0.05) is 23.1 Å². The Balaban J connectivity index is 1.77. The normalized spacial score (nSPS) is 20.3. The van der Waals surface area contributed by atoms with Crippen molar-refractivity contribution in [3.8, 4) is 0 Å². The van der Waals surface area contributed by atoms with E-state index >= 15 is 0 Å². The highest BCUT2D eigenvalue weighted by Crippen LogP contribution is 2.34. The predicted molar refractivity (Wildman–Crippen MR) is 95.4 cm³/mol. The van der Waals surface area contributed by atoms with Crippen LogP contribution in [0, 0.1) is 0 Å². The lowest BCUT2D eigenvalue weighted by Gasteiger charge is -2.32. The lowest BCUT2D eigenvalue weighted by atomic mass is 9.93. The highest BCUT2D eigenvalue weighted by molar-refractivity contribution is 7.92. The van der Waals surface area contributed by atoms with Crippen molar-refractivity contribution >= 4 is 27.1 Å². The second kappa shape index (κ2) is 6.12. The minimum atomic E-state index is -3.24. The highest BCUT2D eigenvalue weighted by atomic mass is 32.2. The first-order chi connectivity index (χ1) is 10.9. The van der Waals surface area contributed by atoms with Gasteiger partial charge >= 0.3 is 0 Å². The van der Waals surface area contributed by atoms with Gasteiger partial charge < -0.3 is 10.6 Å². The molecule has 23 heavy (non-hydrogen) atoms. The molecule has 5 nitrogen and oxygen atoms in total. The van der Waals surface area contributed by atoms with Crippen molar-refractivity contribution in [3.63, 3.8) is 0 Å². The number of nitrogens with one attached hydrogen (secondary N) is 3. The summed E-state index contributed by atoms with van der Waals surface area (Å²) in [6.45, 7) is 2.17. The fraction of sp³-hybridized carbons (Fsp3) is 0.294. The summed E-state index contributed by atoms with van der Waals surface area (Å²) >= 11 is 0. The standard InChI is InChI=1S/C17H21N3O2S/c1-12-11-17(15-5-3-4-6-16(15)18-12)19-13-7-9-14(10-8-13)20-23(2,21)22/h3-10,12,17-20H,11H2,1-2H3/t12-,17+/m1/s1. The third-order valence-electron chi connectivity index (χ3n) is 3.86. The van der Waals surface area contributed by atoms with E-state index in [0.717, 1.165) is 18.4 Å². The fourth-order valence-corrected chi connectivity index (χ4v) is 3.49. The Morgan fingerprint density at radius 3 is 2.39 bits per heavy atom. The van der Waals surface area contributed by atoms with Gasteiger partial charge in [0.05, 0.1) is 12.3 Å². The van der Waals surface area contributed by atoms with Gasteiger partial charge in [0.2, 0.25) is 10.0 Å². The van der Waals surface area contributed by atoms with Crippen LogP contribution in [-0.2, 0) is 10.0 Å². The van der Waals surface area contributed by atoms with Crippen molar-refractivity contribution in [2.24, 2.45) is 0 Å². The Morgan fingerprint density at radius 1 is 1.04 bits per heavy atom. The van der Waals surface area contributed by atoms with E-state index in [2.05, 4.69) is 34.4 Å². The SMILES string of the molecule is C[C@@H]1C[C@H](Nc2ccc(NS(C)(=O)=O)cc2)c2ccccc2N1. The van der Waals surface area contributed by atoms with Gasteiger partial charge in [-0.2, -0.15) is 0 Å². The molecule has 2 aromatic carbocycles. The van der Waals surface area contributed by atoms with E-state index in [4.69, 9.17) is 0 Å². The van der Waals surface area contributed by atoms with Gasteiger partial charge in [-0.05, 0) is 49.2 Å². The first kappa shape index (κ1) is 15.7. The molecule has 1 aliphatic heterocycles. The van der Waals surface area contributed by atoms with Crippen LogP contribution in [-0.4, -0.2) is 20.7 Å². The molecule has 2 aromatic rings. The molecule has 122 valence electrons. The lowest BCUT2D eigenvalue weighted by Crippen LogP contribution is -2.28. The molecule has 0 saturated carbocycles. The molecule has 0 unspecified atom stereocenters. The Bertz CT molecular complexity index is 788. The second-order valence-corrected chi connectivity index (χ2v) is 7.77. The molecular weight excluding hydrogens is 310 g/mol. The van der Waals surface area contributed by atoms with Gasteiger partial charge in [0.15, 0.2) is 0 Å². The topological polar surface area (TPSA) is 70.2 Å². The highest BCUT2D eigenvalue weighted by Gasteiger charge is 2.23. The number of rotatable bonds is 4. The molecule has 0 fully saturated rings. The Morgan fingerprint density at radius 2 is 1.70 bits per heavy atom. The quantitative estimate of drug-likeness (QED) is 0.803. The van der Waals surface area contributed by atoms with Crippen LogP contribution < -0.4 is 15.4 Å². The molecule has 0 aromatic heterocycles. The number of benzene rings is 2. The van der Waals surface area contributed by atoms with E-state index in [9.17, 15) is 8.42 Å². The molecule has 1 heterocycles. The average Bonchev–Trinajstić information content (AvgIpc) is 2.47. The van der Waals surface area contributed by atoms with E-state index in [1.165, 1.54) is 11.3 Å². The smallest absolute Gasteiger partial charge is 0.229 e. The first-order valence-corrected chi connectivity index (χ1v) is 9.50. The van der Waals surface area contributed by atoms with Crippen LogP contribution in [0.3, 0.4) is 0 Å². The summed E-state index contributed by atoms with van der Waals surface area (Å²) < 4.78 is 25.0. The Labute approximate surface area is 137 Å². The minimum Gasteiger partial charge on any atom is -0.382 e. The zero-order valence-electron chi connectivity index (χ0n) is 13.2. The zero-order valence-corrected chi connectivity index (χ0v) is 14.0. The number of hydrogen-bond donors (Lipinski definition) is 3. The van der Waals surface area contributed by atoms with E-state index in [1.54, 1.807) is 12.1 Å². The van der Waals surface area contributed by atoms with Gasteiger partial charge in [-0.25, -0.2) is 8.42 Å². The number of hydrogen-bond acceptors (Lipinski definition) is 4. The molecule has 0 saturated heterocycles. The van der Waals surface area contributed by atoms with Gasteiger partial charge in [-0.1, -0.05) is 18.2 Å². The molecule has 0 spiro atoms. The molecule has 0 aliphatic carbocycles. The van der Waals surface area contributed by atoms with Gasteiger partial charge in [0.1, 0.15) is 0 Å². The summed E-state index contributed by atoms with van der Waals surface area (Å²) in [5, 5.41) is 7.03. The van der Waals surface area contributed by atoms with Crippen LogP contribution in [0.1, 0.15) is 24.9 Å². The molecule has 0 amide bonds. The van der Waals surface area contributed by atoms with Crippen molar-refractivity contribution in [2.75, 3.05) is 21.6 Å². The third-order valence-corrected chi connectivity index (χ3v) is 4.46. The fourth-order valence-electron chi connectivity index (χ4n) is 2.92. The van der Waals surface area contributed by atoms with Crippen LogP contribution >= 0.6 is 0 Å². The summed E-state index contributed by atoms with van der Waals surface area (Å²) in [6.07, 6.45) is 2.13. The third kappa shape index (κ3) is 3.96. The van der Waals surface area contributed by atoms with Crippen LogP contribution in [0.4, 0.5) is 17.1 Å². The maximum absolute atomic E-state index is 11.2. The molecule has 6 heteroatoms. The Hall–Kier alpha value is -2.21. The maximum Gasteiger partial charge on any atom is 0.229 e. The van der Waals surface area contributed by atoms with Crippen molar-refractivity contribution < 1.29 is 8.42 Å². The van der Waals surface area contributed by atoms with E-state index < -0.39 is 10.0 Å². The van der Waals surface area contributed by atoms with Crippen LogP contribution in [0.5, 0.6) is 0 Å². The zero-order chi connectivity index (χ0) is 16.4. The summed E-state index contributed by atoms with van der Waals surface area (Å²) in [6, 6.07) is 16.2. The van der Waals surface area contributed by atoms with Crippen molar-refractivity contribution in [1.29, 1.82) is 0 Å². The molecule has 3 rings (SSSR count). The molecule has 0 bridgehead atoms. The van der Waals surface area contributed by atoms with E-state index in [-0.39, 0.29) is 6.04 Å². The Kier molecular flexibility index (Phi) is 4.17. The van der Waals surface area contributed by atoms with Crippen molar-refractivity contribution in [1.82, 2.24) is 0 Å². The minimum absolute atomic E-state index is 0.233. The predicted octanol–water partition coefficient (Wildman–Crippen LogP) is 3.42. The van der Waals surface area contributed by atoms with Crippen molar-refractivity contribution in [2.45, 2.75) is 25.4 Å². The monoisotopic (exact) mass is 331 g/mol. The van der Waals surface area contributed by atoms with E-state index in [0.29, 0.717) is 11.7 Å². The largest absolute Gasteiger partial charge is 0.382 e. The molecule has 1 aliphatic rings. The van der Waals surface area contributed by atoms with Gasteiger partial charge in [-0.15, -0.1) is 0 Å². The van der Waals surface area contributed by atoms with Crippen LogP contribution in [0.15, 0.2) is 48.5 Å². The maximum atomic E-state index is 11.2. The molecular formula is C17H21N3O2S. The molecule has 3 N–H and O–H groups in total. The second-order valence-electron chi connectivity index (χ2n) is 6.02. The number of fused-ring (bicyclic) bond motifs is 1. The van der Waals surface area contributed by atoms with Gasteiger partial charge in [-0.3, -0.25) is 4.72 Å². The molecule has 2 atom stereocenters. The van der Waals surface area contributed by atoms with E-state index in [1.807, 2.05) is 24.3 Å². The summed E-state index contributed by atoms with van der Waals surface area (Å²) in [7, 11) is -3.24. The summed E-state index contributed by atoms with van der Waals surface area (Å²) in [4.78, 5) is 0. The molecule has 0 radical (unpaired) electrons. The van der Waals surface area contributed by atoms with Gasteiger partial charge in [0.25, 0.3) is 0 Å². The van der Waals surface area contributed by atoms with Crippen LogP contribution in [0.25, 0.3) is 0 Å². The number of para-hydroxylation sites is 1. The summed E-state index contributed by atoms with van der Waals surface area (Å²) in [5.41, 5.74) is 3.96. The average molecular weight is 331 g/mol. The van der Waals surface area contributed by atoms with Crippen LogP contribution in [0.2, 0.25) is 0 Å². The van der Waals surface area contributed by atoms with Crippen molar-refractivity contribution in [3.05, 3.63) is 54.1 Å². The lowest BCUT2D eigenvalue weighted by molar-refractivity contribution is 0.600. The summed E-state index contributed by atoms with van der Waals surface area (Å²) in [5.74, 6) is 0. The number of anilines is 3. The first-order valence-electron chi connectivity index (χ1n) is 7.60. The number of sulfonamides is 1.